The van der Waals surface area contributed by atoms with Crippen molar-refractivity contribution in [2.24, 2.45) is 5.92 Å². The van der Waals surface area contributed by atoms with Gasteiger partial charge in [-0.05, 0) is 48.7 Å². The van der Waals surface area contributed by atoms with E-state index in [1.807, 2.05) is 18.7 Å². The van der Waals surface area contributed by atoms with Crippen LogP contribution >= 0.6 is 11.3 Å². The predicted octanol–water partition coefficient (Wildman–Crippen LogP) is 7.25. The molecule has 300 valence electrons. The van der Waals surface area contributed by atoms with Gasteiger partial charge in [0.1, 0.15) is 18.2 Å². The predicted molar refractivity (Wildman–Crippen MR) is 213 cm³/mol. The molecule has 2 atom stereocenters. The van der Waals surface area contributed by atoms with Gasteiger partial charge in [-0.3, -0.25) is 9.64 Å². The lowest BCUT2D eigenvalue weighted by atomic mass is 10.1. The van der Waals surface area contributed by atoms with E-state index in [1.165, 1.54) is 10.4 Å². The van der Waals surface area contributed by atoms with Gasteiger partial charge in [0.15, 0.2) is 10.0 Å². The van der Waals surface area contributed by atoms with Crippen molar-refractivity contribution in [2.75, 3.05) is 31.7 Å². The summed E-state index contributed by atoms with van der Waals surface area (Å²) in [4.78, 5) is 21.3. The second kappa shape index (κ2) is 15.4. The van der Waals surface area contributed by atoms with Gasteiger partial charge in [0, 0.05) is 57.7 Å². The lowest BCUT2D eigenvalue weighted by Crippen LogP contribution is -2.57. The van der Waals surface area contributed by atoms with Crippen molar-refractivity contribution in [2.45, 2.75) is 108 Å². The van der Waals surface area contributed by atoms with Crippen molar-refractivity contribution >= 4 is 51.9 Å². The number of piperazine rings is 1. The first-order chi connectivity index (χ1) is 26.5. The van der Waals surface area contributed by atoms with Crippen LogP contribution in [0, 0.1) is 12.5 Å². The van der Waals surface area contributed by atoms with E-state index in [4.69, 9.17) is 21.1 Å². The summed E-state index contributed by atoms with van der Waals surface area (Å²) in [6.07, 6.45) is -0.448. The molecule has 4 aromatic rings. The Morgan fingerprint density at radius 3 is 2.34 bits per heavy atom. The minimum absolute atomic E-state index is 0.0314. The summed E-state index contributed by atoms with van der Waals surface area (Å²) < 4.78 is 72.3. The normalized spacial score (nSPS) is 19.4. The minimum atomic E-state index is -4.38. The SMILES string of the molecule is [C-]#[N+]C1(N(Cc2ccc(OC)cc2)S(=O)(=O)c2cc(N3CC4CCC(C3)N4C(=O)C(C)C)c3c(c2)c(-c2nnc(C(F)F)s2)nn3COCC[Si](C)(C)C)CC1. The molecule has 0 N–H and O–H groups in total. The van der Waals surface area contributed by atoms with Crippen molar-refractivity contribution < 1.29 is 31.5 Å². The van der Waals surface area contributed by atoms with Gasteiger partial charge in [-0.1, -0.05) is 57.0 Å². The van der Waals surface area contributed by atoms with Crippen LogP contribution in [0.3, 0.4) is 0 Å². The maximum atomic E-state index is 15.1. The lowest BCUT2D eigenvalue weighted by Gasteiger charge is -2.43. The third-order valence-electron chi connectivity index (χ3n) is 10.9. The number of halogens is 2. The fourth-order valence-corrected chi connectivity index (χ4v) is 10.9. The first-order valence-corrected chi connectivity index (χ1v) is 24.9. The Morgan fingerprint density at radius 2 is 1.79 bits per heavy atom. The van der Waals surface area contributed by atoms with Crippen molar-refractivity contribution in [3.05, 3.63) is 58.4 Å². The van der Waals surface area contributed by atoms with Crippen LogP contribution in [0.15, 0.2) is 41.3 Å². The zero-order chi connectivity index (χ0) is 40.2. The molecule has 2 saturated heterocycles. The van der Waals surface area contributed by atoms with Crippen molar-refractivity contribution in [3.8, 4) is 16.5 Å². The van der Waals surface area contributed by atoms with E-state index in [0.717, 1.165) is 18.9 Å². The average molecular weight is 827 g/mol. The molecular weight excluding hydrogens is 779 g/mol. The van der Waals surface area contributed by atoms with Crippen molar-refractivity contribution in [3.63, 3.8) is 0 Å². The number of aromatic nitrogens is 4. The van der Waals surface area contributed by atoms with Gasteiger partial charge >= 0.3 is 5.66 Å². The van der Waals surface area contributed by atoms with Crippen LogP contribution in [0.4, 0.5) is 14.5 Å². The van der Waals surface area contributed by atoms with Crippen LogP contribution in [0.5, 0.6) is 5.75 Å². The standard InChI is InChI=1S/C38H48F2N8O5S2Si/c1-24(2)37(49)48-26-10-11-27(48)22-45(21-26)31-19-29(55(50,51)47(38(41-3)14-15-38)20-25-8-12-28(52-4)13-9-25)18-30-32(35-42-43-36(54-35)34(39)40)44-46(33(30)31)23-53-16-17-56(5,6)7/h8-9,12-13,18-19,24,26-27,34H,10-11,14-17,20-23H2,1-2,4-7H3. The van der Waals surface area contributed by atoms with Gasteiger partial charge in [0.05, 0.1) is 36.1 Å². The number of carbonyl (C=O) groups excluding carboxylic acids is 1. The molecule has 2 aromatic heterocycles. The Hall–Kier alpha value is -4.02. The van der Waals surface area contributed by atoms with E-state index >= 15 is 8.42 Å². The van der Waals surface area contributed by atoms with E-state index in [0.29, 0.717) is 71.8 Å². The van der Waals surface area contributed by atoms with Crippen molar-refractivity contribution in [1.82, 2.24) is 29.2 Å². The number of ether oxygens (including phenoxy) is 2. The summed E-state index contributed by atoms with van der Waals surface area (Å²) in [6.45, 7) is 20.0. The highest BCUT2D eigenvalue weighted by molar-refractivity contribution is 7.89. The number of hydrogen-bond acceptors (Lipinski definition) is 10. The van der Waals surface area contributed by atoms with Gasteiger partial charge in [0.2, 0.25) is 15.9 Å². The Kier molecular flexibility index (Phi) is 11.0. The number of fused-ring (bicyclic) bond motifs is 3. The summed E-state index contributed by atoms with van der Waals surface area (Å²) in [5, 5.41) is 12.7. The quantitative estimate of drug-likeness (QED) is 0.0692. The van der Waals surface area contributed by atoms with Gasteiger partial charge in [0.25, 0.3) is 6.43 Å². The number of hydrogen-bond donors (Lipinski definition) is 0. The van der Waals surface area contributed by atoms with Crippen LogP contribution in [0.25, 0.3) is 26.4 Å². The fraction of sp³-hybridized carbons (Fsp3) is 0.553. The van der Waals surface area contributed by atoms with Crippen LogP contribution in [-0.2, 0) is 32.8 Å². The number of nitrogens with zero attached hydrogens (tertiary/aromatic N) is 8. The van der Waals surface area contributed by atoms with E-state index in [2.05, 4.69) is 39.6 Å². The number of amides is 1. The molecule has 1 saturated carbocycles. The number of alkyl halides is 2. The summed E-state index contributed by atoms with van der Waals surface area (Å²) >= 11 is 0.704. The largest absolute Gasteiger partial charge is 0.497 e. The van der Waals surface area contributed by atoms with E-state index < -0.39 is 35.2 Å². The fourth-order valence-electron chi connectivity index (χ4n) is 7.63. The molecule has 2 aliphatic heterocycles. The smallest absolute Gasteiger partial charge is 0.302 e. The Labute approximate surface area is 331 Å². The summed E-state index contributed by atoms with van der Waals surface area (Å²) in [7, 11) is -4.27. The highest BCUT2D eigenvalue weighted by atomic mass is 32.2. The second-order valence-electron chi connectivity index (χ2n) is 16.4. The summed E-state index contributed by atoms with van der Waals surface area (Å²) in [5.41, 5.74) is 0.777. The van der Waals surface area contributed by atoms with E-state index in [1.54, 1.807) is 42.1 Å². The number of sulfonamides is 1. The maximum absolute atomic E-state index is 15.1. The summed E-state index contributed by atoms with van der Waals surface area (Å²) in [6, 6.07) is 11.0. The number of carbonyl (C=O) groups is 1. The molecule has 1 aliphatic carbocycles. The molecule has 2 unspecified atom stereocenters. The Morgan fingerprint density at radius 1 is 1.11 bits per heavy atom. The van der Waals surface area contributed by atoms with Crippen LogP contribution in [-0.4, -0.2) is 96.1 Å². The molecule has 1 amide bonds. The molecule has 2 aromatic carbocycles. The topological polar surface area (TPSA) is 127 Å². The van der Waals surface area contributed by atoms with Crippen LogP contribution in [0.1, 0.15) is 56.5 Å². The number of anilines is 1. The van der Waals surface area contributed by atoms with Crippen LogP contribution in [0.2, 0.25) is 25.7 Å². The number of methoxy groups -OCH3 is 1. The van der Waals surface area contributed by atoms with Crippen LogP contribution < -0.4 is 9.64 Å². The molecule has 4 heterocycles. The highest BCUT2D eigenvalue weighted by Crippen LogP contribution is 2.48. The van der Waals surface area contributed by atoms with Gasteiger partial charge < -0.3 is 19.3 Å². The third-order valence-corrected chi connectivity index (χ3v) is 15.4. The molecule has 0 radical (unpaired) electrons. The molecule has 2 bridgehead atoms. The lowest BCUT2D eigenvalue weighted by molar-refractivity contribution is -0.137. The molecule has 0 spiro atoms. The Bertz CT molecular complexity index is 2240. The van der Waals surface area contributed by atoms with Gasteiger partial charge in [-0.2, -0.15) is 5.10 Å². The molecule has 3 fully saturated rings. The average Bonchev–Trinajstić information content (AvgIpc) is 3.49. The highest BCUT2D eigenvalue weighted by Gasteiger charge is 2.61. The first kappa shape index (κ1) is 40.2. The van der Waals surface area contributed by atoms with E-state index in [-0.39, 0.29) is 52.8 Å². The molecule has 56 heavy (non-hydrogen) atoms. The third kappa shape index (κ3) is 7.80. The summed E-state index contributed by atoms with van der Waals surface area (Å²) in [5.74, 6) is 0.548. The second-order valence-corrected chi connectivity index (χ2v) is 24.9. The molecule has 3 aliphatic rings. The monoisotopic (exact) mass is 826 g/mol. The zero-order valence-corrected chi connectivity index (χ0v) is 35.2. The van der Waals surface area contributed by atoms with E-state index in [9.17, 15) is 13.6 Å². The molecule has 13 nitrogen and oxygen atoms in total. The molecule has 7 rings (SSSR count). The molecular formula is C38H48F2N8O5S2Si. The first-order valence-electron chi connectivity index (χ1n) is 18.9. The Balaban J connectivity index is 1.40. The molecule has 18 heteroatoms. The number of benzene rings is 2. The number of rotatable bonds is 15. The zero-order valence-electron chi connectivity index (χ0n) is 32.5. The minimum Gasteiger partial charge on any atom is -0.497 e. The van der Waals surface area contributed by atoms with Gasteiger partial charge in [-0.15, -0.1) is 14.5 Å². The van der Waals surface area contributed by atoms with Crippen molar-refractivity contribution in [1.29, 1.82) is 0 Å². The van der Waals surface area contributed by atoms with Gasteiger partial charge in [-0.25, -0.2) is 28.5 Å². The maximum Gasteiger partial charge on any atom is 0.302 e.